The van der Waals surface area contributed by atoms with Crippen molar-refractivity contribution in [3.63, 3.8) is 0 Å². The van der Waals surface area contributed by atoms with Crippen molar-refractivity contribution in [2.45, 2.75) is 51.5 Å². The fourth-order valence-electron chi connectivity index (χ4n) is 1.85. The zero-order valence-corrected chi connectivity index (χ0v) is 13.1. The van der Waals surface area contributed by atoms with Gasteiger partial charge in [0.2, 0.25) is 0 Å². The smallest absolute Gasteiger partial charge is 0.195 e. The summed E-state index contributed by atoms with van der Waals surface area (Å²) in [7, 11) is -3.34. The van der Waals surface area contributed by atoms with Crippen LogP contribution in [-0.2, 0) is 10.2 Å². The van der Waals surface area contributed by atoms with Crippen LogP contribution in [-0.4, -0.2) is 36.7 Å². The van der Waals surface area contributed by atoms with Crippen LogP contribution in [0.1, 0.15) is 46.0 Å². The second-order valence-corrected chi connectivity index (χ2v) is 7.20. The predicted molar refractivity (Wildman–Crippen MR) is 74.6 cm³/mol. The highest BCUT2D eigenvalue weighted by Crippen LogP contribution is 2.18. The molecule has 1 saturated heterocycles. The topological polar surface area (TPSA) is 49.4 Å². The van der Waals surface area contributed by atoms with Gasteiger partial charge in [-0.1, -0.05) is 35.7 Å². The lowest BCUT2D eigenvalue weighted by molar-refractivity contribution is 0.381. The molecule has 0 radical (unpaired) electrons. The molecule has 0 amide bonds. The third-order valence-electron chi connectivity index (χ3n) is 3.36. The van der Waals surface area contributed by atoms with E-state index in [1.165, 1.54) is 0 Å². The molecule has 1 atom stereocenters. The lowest BCUT2D eigenvalue weighted by atomic mass is 10.0. The Hall–Kier alpha value is 0.350. The summed E-state index contributed by atoms with van der Waals surface area (Å²) in [4.78, 5) is 0. The van der Waals surface area contributed by atoms with Crippen LogP contribution in [0.15, 0.2) is 0 Å². The number of rotatable bonds is 5. The van der Waals surface area contributed by atoms with Gasteiger partial charge in [-0.15, -0.1) is 0 Å². The standard InChI is InChI=1S/C11H23BrN2O2S/c1-3-11(2,10-12)13-17(15,16)14-8-6-4-5-7-9-14/h13H,3-10H2,1-2H3. The lowest BCUT2D eigenvalue weighted by Crippen LogP contribution is -2.52. The summed E-state index contributed by atoms with van der Waals surface area (Å²) in [6, 6.07) is 0. The number of alkyl halides is 1. The van der Waals surface area contributed by atoms with Crippen molar-refractivity contribution in [1.29, 1.82) is 0 Å². The molecule has 0 aromatic rings. The van der Waals surface area contributed by atoms with E-state index < -0.39 is 15.7 Å². The van der Waals surface area contributed by atoms with Gasteiger partial charge in [-0.25, -0.2) is 0 Å². The molecule has 0 aliphatic carbocycles. The molecule has 102 valence electrons. The average Bonchev–Trinajstić information content (AvgIpc) is 2.57. The molecule has 4 nitrogen and oxygen atoms in total. The maximum absolute atomic E-state index is 12.3. The first-order chi connectivity index (χ1) is 7.93. The van der Waals surface area contributed by atoms with Crippen molar-refractivity contribution in [3.05, 3.63) is 0 Å². The summed E-state index contributed by atoms with van der Waals surface area (Å²) in [5.41, 5.74) is -0.398. The molecular formula is C11H23BrN2O2S. The molecule has 1 aliphatic rings. The van der Waals surface area contributed by atoms with Gasteiger partial charge in [0.05, 0.1) is 0 Å². The van der Waals surface area contributed by atoms with Gasteiger partial charge in [0.25, 0.3) is 10.2 Å². The maximum atomic E-state index is 12.3. The van der Waals surface area contributed by atoms with E-state index in [-0.39, 0.29) is 0 Å². The van der Waals surface area contributed by atoms with Crippen molar-refractivity contribution < 1.29 is 8.42 Å². The second-order valence-electron chi connectivity index (χ2n) is 4.97. The first-order valence-electron chi connectivity index (χ1n) is 6.28. The number of hydrogen-bond acceptors (Lipinski definition) is 2. The Balaban J connectivity index is 2.72. The predicted octanol–water partition coefficient (Wildman–Crippen LogP) is 2.26. The van der Waals surface area contributed by atoms with Crippen LogP contribution in [0.5, 0.6) is 0 Å². The molecule has 0 spiro atoms. The molecule has 17 heavy (non-hydrogen) atoms. The number of halogens is 1. The van der Waals surface area contributed by atoms with Gasteiger partial charge in [-0.05, 0) is 26.2 Å². The minimum absolute atomic E-state index is 0.398. The van der Waals surface area contributed by atoms with E-state index in [1.807, 2.05) is 13.8 Å². The van der Waals surface area contributed by atoms with E-state index >= 15 is 0 Å². The molecule has 0 bridgehead atoms. The van der Waals surface area contributed by atoms with Crippen LogP contribution in [0.25, 0.3) is 0 Å². The van der Waals surface area contributed by atoms with E-state index in [2.05, 4.69) is 20.7 Å². The fraction of sp³-hybridized carbons (Fsp3) is 1.00. The average molecular weight is 327 g/mol. The molecule has 1 heterocycles. The SMILES string of the molecule is CCC(C)(CBr)NS(=O)(=O)N1CCCCCC1. The summed E-state index contributed by atoms with van der Waals surface area (Å²) in [5.74, 6) is 0. The molecular weight excluding hydrogens is 304 g/mol. The van der Waals surface area contributed by atoms with Crippen LogP contribution >= 0.6 is 15.9 Å². The van der Waals surface area contributed by atoms with Gasteiger partial charge < -0.3 is 0 Å². The minimum Gasteiger partial charge on any atom is -0.195 e. The molecule has 1 rings (SSSR count). The molecule has 6 heteroatoms. The molecule has 0 aromatic carbocycles. The van der Waals surface area contributed by atoms with Crippen LogP contribution in [0.4, 0.5) is 0 Å². The second kappa shape index (κ2) is 6.50. The highest BCUT2D eigenvalue weighted by atomic mass is 79.9. The third-order valence-corrected chi connectivity index (χ3v) is 6.39. The number of nitrogens with one attached hydrogen (secondary N) is 1. The van der Waals surface area contributed by atoms with Crippen LogP contribution in [0, 0.1) is 0 Å². The maximum Gasteiger partial charge on any atom is 0.279 e. The Labute approximate surface area is 113 Å². The molecule has 0 saturated carbocycles. The Morgan fingerprint density at radius 2 is 1.76 bits per heavy atom. The highest BCUT2D eigenvalue weighted by Gasteiger charge is 2.31. The quantitative estimate of drug-likeness (QED) is 0.788. The largest absolute Gasteiger partial charge is 0.279 e. The summed E-state index contributed by atoms with van der Waals surface area (Å²) in [6.45, 7) is 5.22. The van der Waals surface area contributed by atoms with Crippen LogP contribution in [0.3, 0.4) is 0 Å². The normalized spacial score (nSPS) is 23.0. The number of hydrogen-bond donors (Lipinski definition) is 1. The summed E-state index contributed by atoms with van der Waals surface area (Å²) in [5, 5.41) is 0.629. The Morgan fingerprint density at radius 1 is 1.24 bits per heavy atom. The third kappa shape index (κ3) is 4.50. The van der Waals surface area contributed by atoms with Gasteiger partial charge in [0.1, 0.15) is 0 Å². The zero-order chi connectivity index (χ0) is 12.9. The van der Waals surface area contributed by atoms with E-state index in [9.17, 15) is 8.42 Å². The van der Waals surface area contributed by atoms with E-state index in [0.717, 1.165) is 32.1 Å². The van der Waals surface area contributed by atoms with Crippen molar-refractivity contribution in [2.24, 2.45) is 0 Å². The monoisotopic (exact) mass is 326 g/mol. The minimum atomic E-state index is -3.34. The van der Waals surface area contributed by atoms with E-state index in [0.29, 0.717) is 18.4 Å². The molecule has 1 N–H and O–H groups in total. The molecule has 1 unspecified atom stereocenters. The zero-order valence-electron chi connectivity index (χ0n) is 10.7. The van der Waals surface area contributed by atoms with Crippen LogP contribution < -0.4 is 4.72 Å². The molecule has 1 aliphatic heterocycles. The van der Waals surface area contributed by atoms with Crippen LogP contribution in [0.2, 0.25) is 0 Å². The first-order valence-corrected chi connectivity index (χ1v) is 8.85. The van der Waals surface area contributed by atoms with Gasteiger partial charge in [-0.3, -0.25) is 0 Å². The Morgan fingerprint density at radius 3 is 2.18 bits per heavy atom. The Bertz CT molecular complexity index is 320. The van der Waals surface area contributed by atoms with Crippen molar-refractivity contribution >= 4 is 26.1 Å². The highest BCUT2D eigenvalue weighted by molar-refractivity contribution is 9.09. The van der Waals surface area contributed by atoms with Gasteiger partial charge >= 0.3 is 0 Å². The van der Waals surface area contributed by atoms with Gasteiger partial charge in [-0.2, -0.15) is 17.4 Å². The lowest BCUT2D eigenvalue weighted by Gasteiger charge is -2.30. The molecule has 1 fully saturated rings. The van der Waals surface area contributed by atoms with E-state index in [4.69, 9.17) is 0 Å². The van der Waals surface area contributed by atoms with E-state index in [1.54, 1.807) is 4.31 Å². The summed E-state index contributed by atoms with van der Waals surface area (Å²) in [6.07, 6.45) is 4.98. The van der Waals surface area contributed by atoms with Gasteiger partial charge in [0, 0.05) is 24.0 Å². The van der Waals surface area contributed by atoms with Gasteiger partial charge in [0.15, 0.2) is 0 Å². The Kier molecular flexibility index (Phi) is 5.89. The van der Waals surface area contributed by atoms with Crippen molar-refractivity contribution in [3.8, 4) is 0 Å². The summed E-state index contributed by atoms with van der Waals surface area (Å²) >= 11 is 3.38. The molecule has 0 aromatic heterocycles. The van der Waals surface area contributed by atoms with Crippen molar-refractivity contribution in [2.75, 3.05) is 18.4 Å². The van der Waals surface area contributed by atoms with Crippen molar-refractivity contribution in [1.82, 2.24) is 9.03 Å². The summed E-state index contributed by atoms with van der Waals surface area (Å²) < 4.78 is 28.9. The first kappa shape index (κ1) is 15.4. The fourth-order valence-corrected chi connectivity index (χ4v) is 4.28. The number of nitrogens with zero attached hydrogens (tertiary/aromatic N) is 1.